The minimum atomic E-state index is 0.446. The van der Waals surface area contributed by atoms with E-state index in [1.165, 1.54) is 12.8 Å². The molecule has 1 aromatic heterocycles. The summed E-state index contributed by atoms with van der Waals surface area (Å²) in [5.74, 6) is 1.34. The number of hydrogen-bond donors (Lipinski definition) is 1. The van der Waals surface area contributed by atoms with Gasteiger partial charge < -0.3 is 14.6 Å². The Hall–Kier alpha value is -0.940. The summed E-state index contributed by atoms with van der Waals surface area (Å²) in [6.07, 6.45) is 3.91. The van der Waals surface area contributed by atoms with Crippen LogP contribution in [-0.2, 0) is 11.3 Å². The van der Waals surface area contributed by atoms with Crippen molar-refractivity contribution in [1.82, 2.24) is 15.5 Å². The van der Waals surface area contributed by atoms with Crippen molar-refractivity contribution in [3.63, 3.8) is 0 Å². The molecule has 1 atom stereocenters. The third-order valence-electron chi connectivity index (χ3n) is 2.51. The van der Waals surface area contributed by atoms with Crippen LogP contribution in [0, 0.1) is 6.92 Å². The first-order chi connectivity index (χ1) is 7.34. The Balaban J connectivity index is 1.58. The third kappa shape index (κ3) is 3.28. The lowest BCUT2D eigenvalue weighted by Crippen LogP contribution is -2.19. The molecular formula is C10H17N3O2. The van der Waals surface area contributed by atoms with Crippen LogP contribution in [0.4, 0.5) is 0 Å². The van der Waals surface area contributed by atoms with Gasteiger partial charge in [0.15, 0.2) is 5.82 Å². The van der Waals surface area contributed by atoms with E-state index in [-0.39, 0.29) is 0 Å². The first-order valence-corrected chi connectivity index (χ1v) is 5.46. The van der Waals surface area contributed by atoms with E-state index in [0.29, 0.717) is 24.4 Å². The lowest BCUT2D eigenvalue weighted by atomic mass is 10.2. The zero-order valence-corrected chi connectivity index (χ0v) is 9.03. The highest BCUT2D eigenvalue weighted by Crippen LogP contribution is 2.14. The average Bonchev–Trinajstić information content (AvgIpc) is 2.84. The maximum atomic E-state index is 5.52. The second kappa shape index (κ2) is 5.23. The van der Waals surface area contributed by atoms with Gasteiger partial charge in [-0.2, -0.15) is 4.98 Å². The number of rotatable bonds is 5. The van der Waals surface area contributed by atoms with E-state index >= 15 is 0 Å². The van der Waals surface area contributed by atoms with Crippen molar-refractivity contribution < 1.29 is 9.26 Å². The number of hydrogen-bond acceptors (Lipinski definition) is 5. The van der Waals surface area contributed by atoms with Crippen LogP contribution in [0.3, 0.4) is 0 Å². The van der Waals surface area contributed by atoms with E-state index < -0.39 is 0 Å². The summed E-state index contributed by atoms with van der Waals surface area (Å²) in [6.45, 7) is 4.33. The van der Waals surface area contributed by atoms with Crippen LogP contribution in [0.5, 0.6) is 0 Å². The molecule has 15 heavy (non-hydrogen) atoms. The van der Waals surface area contributed by atoms with Crippen LogP contribution in [0.25, 0.3) is 0 Å². The number of aryl methyl sites for hydroxylation is 1. The predicted octanol–water partition coefficient (Wildman–Crippen LogP) is 1.04. The van der Waals surface area contributed by atoms with Gasteiger partial charge in [0.1, 0.15) is 0 Å². The van der Waals surface area contributed by atoms with Crippen LogP contribution >= 0.6 is 0 Å². The zero-order chi connectivity index (χ0) is 10.5. The van der Waals surface area contributed by atoms with E-state index in [1.54, 1.807) is 0 Å². The molecule has 84 valence electrons. The van der Waals surface area contributed by atoms with Gasteiger partial charge in [-0.15, -0.1) is 0 Å². The first kappa shape index (κ1) is 10.6. The van der Waals surface area contributed by atoms with Crippen LogP contribution in [-0.4, -0.2) is 29.4 Å². The predicted molar refractivity (Wildman–Crippen MR) is 54.3 cm³/mol. The summed E-state index contributed by atoms with van der Waals surface area (Å²) < 4.78 is 10.5. The fraction of sp³-hybridized carbons (Fsp3) is 0.800. The van der Waals surface area contributed by atoms with Crippen molar-refractivity contribution in [1.29, 1.82) is 0 Å². The van der Waals surface area contributed by atoms with Crippen molar-refractivity contribution in [3.8, 4) is 0 Å². The summed E-state index contributed by atoms with van der Waals surface area (Å²) >= 11 is 0. The summed E-state index contributed by atoms with van der Waals surface area (Å²) in [6, 6.07) is 0. The van der Waals surface area contributed by atoms with E-state index in [4.69, 9.17) is 9.26 Å². The second-order valence-electron chi connectivity index (χ2n) is 3.84. The molecule has 1 N–H and O–H groups in total. The molecule has 0 spiro atoms. The van der Waals surface area contributed by atoms with Gasteiger partial charge in [0, 0.05) is 6.61 Å². The topological polar surface area (TPSA) is 60.2 Å². The summed E-state index contributed by atoms with van der Waals surface area (Å²) in [5.41, 5.74) is 0. The van der Waals surface area contributed by atoms with Crippen molar-refractivity contribution >= 4 is 0 Å². The van der Waals surface area contributed by atoms with Crippen LogP contribution in [0.1, 0.15) is 31.0 Å². The molecule has 0 amide bonds. The van der Waals surface area contributed by atoms with Gasteiger partial charge in [0.2, 0.25) is 5.89 Å². The maximum absolute atomic E-state index is 5.52. The Labute approximate surface area is 89.2 Å². The van der Waals surface area contributed by atoms with E-state index in [9.17, 15) is 0 Å². The van der Waals surface area contributed by atoms with Gasteiger partial charge in [0.25, 0.3) is 0 Å². The quantitative estimate of drug-likeness (QED) is 0.737. The Bertz CT molecular complexity index is 295. The molecule has 1 aliphatic heterocycles. The highest BCUT2D eigenvalue weighted by atomic mass is 16.5. The molecule has 1 aromatic rings. The molecule has 0 aliphatic carbocycles. The van der Waals surface area contributed by atoms with Crippen LogP contribution in [0.15, 0.2) is 4.52 Å². The lowest BCUT2D eigenvalue weighted by molar-refractivity contribution is 0.104. The lowest BCUT2D eigenvalue weighted by Gasteiger charge is -2.08. The molecule has 0 aromatic carbocycles. The molecule has 5 nitrogen and oxygen atoms in total. The van der Waals surface area contributed by atoms with Crippen molar-refractivity contribution in [2.24, 2.45) is 0 Å². The van der Waals surface area contributed by atoms with Crippen LogP contribution in [0.2, 0.25) is 0 Å². The highest BCUT2D eigenvalue weighted by Gasteiger charge is 2.14. The number of nitrogens with one attached hydrogen (secondary N) is 1. The SMILES string of the molecule is Cc1noc(CNCCC2CCCO2)n1. The summed E-state index contributed by atoms with van der Waals surface area (Å²) in [7, 11) is 0. The molecule has 0 bridgehead atoms. The van der Waals surface area contributed by atoms with E-state index in [1.807, 2.05) is 6.92 Å². The molecule has 1 unspecified atom stereocenters. The Morgan fingerprint density at radius 1 is 1.53 bits per heavy atom. The smallest absolute Gasteiger partial charge is 0.240 e. The van der Waals surface area contributed by atoms with Gasteiger partial charge in [-0.05, 0) is 32.7 Å². The Morgan fingerprint density at radius 3 is 3.13 bits per heavy atom. The molecule has 2 heterocycles. The minimum Gasteiger partial charge on any atom is -0.378 e. The van der Waals surface area contributed by atoms with Crippen molar-refractivity contribution in [2.45, 2.75) is 38.8 Å². The minimum absolute atomic E-state index is 0.446. The standard InChI is InChI=1S/C10H17N3O2/c1-8-12-10(15-13-8)7-11-5-4-9-3-2-6-14-9/h9,11H,2-7H2,1H3. The first-order valence-electron chi connectivity index (χ1n) is 5.46. The Morgan fingerprint density at radius 2 is 2.47 bits per heavy atom. The Kier molecular flexibility index (Phi) is 3.69. The fourth-order valence-corrected chi connectivity index (χ4v) is 1.74. The number of ether oxygens (including phenoxy) is 1. The van der Waals surface area contributed by atoms with Crippen LogP contribution < -0.4 is 5.32 Å². The van der Waals surface area contributed by atoms with E-state index in [2.05, 4.69) is 15.5 Å². The van der Waals surface area contributed by atoms with Crippen molar-refractivity contribution in [2.75, 3.05) is 13.2 Å². The molecule has 2 rings (SSSR count). The maximum Gasteiger partial charge on any atom is 0.240 e. The van der Waals surface area contributed by atoms with Gasteiger partial charge >= 0.3 is 0 Å². The second-order valence-corrected chi connectivity index (χ2v) is 3.84. The van der Waals surface area contributed by atoms with Crippen molar-refractivity contribution in [3.05, 3.63) is 11.7 Å². The van der Waals surface area contributed by atoms with Gasteiger partial charge in [-0.3, -0.25) is 0 Å². The number of aromatic nitrogens is 2. The zero-order valence-electron chi connectivity index (χ0n) is 9.03. The molecule has 1 aliphatic rings. The van der Waals surface area contributed by atoms with E-state index in [0.717, 1.165) is 19.6 Å². The molecule has 5 heteroatoms. The molecule has 1 saturated heterocycles. The van der Waals surface area contributed by atoms with Gasteiger partial charge in [-0.25, -0.2) is 0 Å². The summed E-state index contributed by atoms with van der Waals surface area (Å²) in [5, 5.41) is 6.99. The van der Waals surface area contributed by atoms with Gasteiger partial charge in [0.05, 0.1) is 12.6 Å². The number of nitrogens with zero attached hydrogens (tertiary/aromatic N) is 2. The molecule has 0 saturated carbocycles. The third-order valence-corrected chi connectivity index (χ3v) is 2.51. The molecule has 1 fully saturated rings. The molecule has 0 radical (unpaired) electrons. The normalized spacial score (nSPS) is 21.0. The molecular weight excluding hydrogens is 194 g/mol. The van der Waals surface area contributed by atoms with Gasteiger partial charge in [-0.1, -0.05) is 5.16 Å². The summed E-state index contributed by atoms with van der Waals surface area (Å²) in [4.78, 5) is 4.11. The highest BCUT2D eigenvalue weighted by molar-refractivity contribution is 4.81. The fourth-order valence-electron chi connectivity index (χ4n) is 1.74. The largest absolute Gasteiger partial charge is 0.378 e. The average molecular weight is 211 g/mol. The monoisotopic (exact) mass is 211 g/mol.